The number of hydrogen-bond acceptors (Lipinski definition) is 7. The van der Waals surface area contributed by atoms with Gasteiger partial charge in [0.2, 0.25) is 5.13 Å². The standard InChI is InChI=1S/C24H22N4O3S/c1-30-19-10-6-17(7-11-19)14-25-23(29)16-31-20-12-8-18(9-13-20)15-26-28-24-27-21-4-2-3-5-22(21)32-24/h2-13,15H,14,16H2,1H3,(H,25,29)(H,27,28)/b26-15+. The smallest absolute Gasteiger partial charge is 0.258 e. The van der Waals surface area contributed by atoms with E-state index in [-0.39, 0.29) is 12.5 Å². The number of thiazole rings is 1. The van der Waals surface area contributed by atoms with Gasteiger partial charge in [-0.1, -0.05) is 35.6 Å². The summed E-state index contributed by atoms with van der Waals surface area (Å²) in [6.45, 7) is 0.381. The quantitative estimate of drug-likeness (QED) is 0.293. The Kier molecular flexibility index (Phi) is 6.94. The Morgan fingerprint density at radius 3 is 2.53 bits per heavy atom. The van der Waals surface area contributed by atoms with Crippen molar-refractivity contribution in [3.63, 3.8) is 0 Å². The predicted octanol–water partition coefficient (Wildman–Crippen LogP) is 4.45. The van der Waals surface area contributed by atoms with Crippen LogP contribution in [-0.2, 0) is 11.3 Å². The lowest BCUT2D eigenvalue weighted by molar-refractivity contribution is -0.123. The highest BCUT2D eigenvalue weighted by Gasteiger charge is 2.04. The highest BCUT2D eigenvalue weighted by atomic mass is 32.1. The lowest BCUT2D eigenvalue weighted by Gasteiger charge is -2.08. The van der Waals surface area contributed by atoms with Crippen molar-refractivity contribution in [2.45, 2.75) is 6.54 Å². The largest absolute Gasteiger partial charge is 0.497 e. The number of benzene rings is 3. The normalized spacial score (nSPS) is 10.9. The molecule has 0 aliphatic rings. The van der Waals surface area contributed by atoms with Crippen molar-refractivity contribution in [2.24, 2.45) is 5.10 Å². The van der Waals surface area contributed by atoms with E-state index in [4.69, 9.17) is 9.47 Å². The Bertz CT molecular complexity index is 1170. The number of amides is 1. The third-order valence-corrected chi connectivity index (χ3v) is 5.51. The molecular weight excluding hydrogens is 424 g/mol. The summed E-state index contributed by atoms with van der Waals surface area (Å²) in [6, 6.07) is 22.8. The molecule has 0 bridgehead atoms. The van der Waals surface area contributed by atoms with Crippen LogP contribution in [-0.4, -0.2) is 30.8 Å². The number of carbonyl (C=O) groups is 1. The molecule has 2 N–H and O–H groups in total. The number of hydrogen-bond donors (Lipinski definition) is 2. The number of nitrogens with zero attached hydrogens (tertiary/aromatic N) is 2. The van der Waals surface area contributed by atoms with E-state index < -0.39 is 0 Å². The van der Waals surface area contributed by atoms with Crippen LogP contribution >= 0.6 is 11.3 Å². The molecule has 0 unspecified atom stereocenters. The van der Waals surface area contributed by atoms with Crippen molar-refractivity contribution in [1.82, 2.24) is 10.3 Å². The van der Waals surface area contributed by atoms with Gasteiger partial charge in [-0.05, 0) is 59.7 Å². The zero-order valence-electron chi connectivity index (χ0n) is 17.4. The molecular formula is C24H22N4O3S. The number of para-hydroxylation sites is 1. The Balaban J connectivity index is 1.21. The Labute approximate surface area is 189 Å². The molecule has 0 atom stereocenters. The summed E-state index contributed by atoms with van der Waals surface area (Å²) in [6.07, 6.45) is 1.71. The van der Waals surface area contributed by atoms with Gasteiger partial charge in [0.15, 0.2) is 6.61 Å². The summed E-state index contributed by atoms with van der Waals surface area (Å²) in [5.74, 6) is 1.21. The number of ether oxygens (including phenoxy) is 2. The maximum atomic E-state index is 12.0. The van der Waals surface area contributed by atoms with Gasteiger partial charge in [-0.15, -0.1) is 0 Å². The first-order chi connectivity index (χ1) is 15.7. The predicted molar refractivity (Wildman–Crippen MR) is 128 cm³/mol. The first-order valence-corrected chi connectivity index (χ1v) is 10.8. The molecule has 1 aromatic heterocycles. The number of hydrazone groups is 1. The molecule has 1 heterocycles. The zero-order chi connectivity index (χ0) is 22.2. The van der Waals surface area contributed by atoms with E-state index >= 15 is 0 Å². The molecule has 0 aliphatic heterocycles. The molecule has 1 amide bonds. The fourth-order valence-electron chi connectivity index (χ4n) is 2.88. The number of fused-ring (bicyclic) bond motifs is 1. The van der Waals surface area contributed by atoms with Gasteiger partial charge in [0.1, 0.15) is 11.5 Å². The summed E-state index contributed by atoms with van der Waals surface area (Å²) in [7, 11) is 1.62. The number of nitrogens with one attached hydrogen (secondary N) is 2. The fourth-order valence-corrected chi connectivity index (χ4v) is 3.69. The maximum absolute atomic E-state index is 12.0. The highest BCUT2D eigenvalue weighted by Crippen LogP contribution is 2.25. The van der Waals surface area contributed by atoms with Crippen LogP contribution in [0.3, 0.4) is 0 Å². The summed E-state index contributed by atoms with van der Waals surface area (Å²) in [5, 5.41) is 7.81. The van der Waals surface area contributed by atoms with Crippen LogP contribution < -0.4 is 20.2 Å². The molecule has 4 rings (SSSR count). The van der Waals surface area contributed by atoms with E-state index in [1.807, 2.05) is 60.7 Å². The van der Waals surface area contributed by atoms with Crippen molar-refractivity contribution >= 4 is 38.8 Å². The van der Waals surface area contributed by atoms with Crippen LogP contribution in [0.25, 0.3) is 10.2 Å². The van der Waals surface area contributed by atoms with E-state index in [2.05, 4.69) is 20.8 Å². The van der Waals surface area contributed by atoms with Gasteiger partial charge in [-0.2, -0.15) is 5.10 Å². The average molecular weight is 447 g/mol. The second kappa shape index (κ2) is 10.4. The van der Waals surface area contributed by atoms with E-state index in [0.717, 1.165) is 32.2 Å². The topological polar surface area (TPSA) is 84.8 Å². The lowest BCUT2D eigenvalue weighted by Crippen LogP contribution is -2.28. The average Bonchev–Trinajstić information content (AvgIpc) is 3.25. The summed E-state index contributed by atoms with van der Waals surface area (Å²) < 4.78 is 11.8. The molecule has 0 aliphatic carbocycles. The third kappa shape index (κ3) is 5.83. The van der Waals surface area contributed by atoms with Crippen LogP contribution in [0.15, 0.2) is 77.9 Å². The van der Waals surface area contributed by atoms with Crippen LogP contribution in [0.5, 0.6) is 11.5 Å². The van der Waals surface area contributed by atoms with Gasteiger partial charge in [0.05, 0.1) is 23.5 Å². The summed E-state index contributed by atoms with van der Waals surface area (Å²) in [5.41, 5.74) is 5.79. The molecule has 0 saturated heterocycles. The molecule has 0 fully saturated rings. The van der Waals surface area contributed by atoms with E-state index in [1.54, 1.807) is 36.8 Å². The SMILES string of the molecule is COc1ccc(CNC(=O)COc2ccc(/C=N/Nc3nc4ccccc4s3)cc2)cc1. The second-order valence-corrected chi connectivity index (χ2v) is 7.87. The van der Waals surface area contributed by atoms with Gasteiger partial charge < -0.3 is 14.8 Å². The van der Waals surface area contributed by atoms with Gasteiger partial charge in [-0.25, -0.2) is 4.98 Å². The minimum absolute atomic E-state index is 0.0528. The highest BCUT2D eigenvalue weighted by molar-refractivity contribution is 7.22. The number of methoxy groups -OCH3 is 1. The van der Waals surface area contributed by atoms with Crippen molar-refractivity contribution < 1.29 is 14.3 Å². The molecule has 0 saturated carbocycles. The van der Waals surface area contributed by atoms with Crippen molar-refractivity contribution in [3.8, 4) is 11.5 Å². The van der Waals surface area contributed by atoms with Gasteiger partial charge >= 0.3 is 0 Å². The Hall–Kier alpha value is -3.91. The first-order valence-electron chi connectivity index (χ1n) is 9.97. The Morgan fingerprint density at radius 1 is 1.03 bits per heavy atom. The van der Waals surface area contributed by atoms with Gasteiger partial charge in [0, 0.05) is 6.54 Å². The van der Waals surface area contributed by atoms with Crippen LogP contribution in [0, 0.1) is 0 Å². The molecule has 8 heteroatoms. The zero-order valence-corrected chi connectivity index (χ0v) is 18.3. The minimum atomic E-state index is -0.188. The van der Waals surface area contributed by atoms with Gasteiger partial charge in [0.25, 0.3) is 5.91 Å². The molecule has 7 nitrogen and oxygen atoms in total. The number of rotatable bonds is 9. The summed E-state index contributed by atoms with van der Waals surface area (Å²) >= 11 is 1.55. The molecule has 0 spiro atoms. The third-order valence-electron chi connectivity index (χ3n) is 4.57. The molecule has 32 heavy (non-hydrogen) atoms. The molecule has 162 valence electrons. The van der Waals surface area contributed by atoms with E-state index in [0.29, 0.717) is 12.3 Å². The number of aromatic nitrogens is 1. The van der Waals surface area contributed by atoms with Crippen molar-refractivity contribution in [2.75, 3.05) is 19.1 Å². The van der Waals surface area contributed by atoms with E-state index in [9.17, 15) is 4.79 Å². The van der Waals surface area contributed by atoms with Crippen LogP contribution in [0.2, 0.25) is 0 Å². The minimum Gasteiger partial charge on any atom is -0.497 e. The number of carbonyl (C=O) groups excluding carboxylic acids is 1. The van der Waals surface area contributed by atoms with Gasteiger partial charge in [-0.3, -0.25) is 10.2 Å². The molecule has 3 aromatic carbocycles. The van der Waals surface area contributed by atoms with E-state index in [1.165, 1.54) is 0 Å². The molecule has 4 aromatic rings. The van der Waals surface area contributed by atoms with Crippen LogP contribution in [0.4, 0.5) is 5.13 Å². The fraction of sp³-hybridized carbons (Fsp3) is 0.125. The summed E-state index contributed by atoms with van der Waals surface area (Å²) in [4.78, 5) is 16.5. The Morgan fingerprint density at radius 2 is 1.78 bits per heavy atom. The first kappa shape index (κ1) is 21.3. The van der Waals surface area contributed by atoms with Crippen molar-refractivity contribution in [1.29, 1.82) is 0 Å². The lowest BCUT2D eigenvalue weighted by atomic mass is 10.2. The molecule has 0 radical (unpaired) electrons. The van der Waals surface area contributed by atoms with Crippen LogP contribution in [0.1, 0.15) is 11.1 Å². The number of anilines is 1. The maximum Gasteiger partial charge on any atom is 0.258 e. The monoisotopic (exact) mass is 446 g/mol. The van der Waals surface area contributed by atoms with Crippen molar-refractivity contribution in [3.05, 3.63) is 83.9 Å². The second-order valence-electron chi connectivity index (χ2n) is 6.84.